The Hall–Kier alpha value is -1.41. The van der Waals surface area contributed by atoms with Gasteiger partial charge < -0.3 is 44.8 Å². The van der Waals surface area contributed by atoms with Gasteiger partial charge in [0.15, 0.2) is 18.7 Å². The molecule has 2 unspecified atom stereocenters. The number of rotatable bonds is 10. The minimum absolute atomic E-state index is 0.714. The van der Waals surface area contributed by atoms with Crippen LogP contribution in [-0.2, 0) is 32.0 Å². The molecule has 0 spiro atoms. The molecule has 0 aliphatic carbocycles. The number of nitrogens with zero attached hydrogens (tertiary/aromatic N) is 1. The van der Waals surface area contributed by atoms with Gasteiger partial charge in [0.25, 0.3) is 5.56 Å². The van der Waals surface area contributed by atoms with Crippen molar-refractivity contribution in [3.05, 3.63) is 33.1 Å². The van der Waals surface area contributed by atoms with Crippen molar-refractivity contribution in [2.24, 2.45) is 0 Å². The van der Waals surface area contributed by atoms with Gasteiger partial charge in [0.05, 0.1) is 13.2 Å². The van der Waals surface area contributed by atoms with E-state index in [1.807, 2.05) is 4.98 Å². The highest BCUT2D eigenvalue weighted by Gasteiger charge is 2.52. The van der Waals surface area contributed by atoms with Crippen LogP contribution in [0.3, 0.4) is 0 Å². The summed E-state index contributed by atoms with van der Waals surface area (Å²) in [6.45, 7) is -2.03. The number of ether oxygens (including phenoxy) is 2. The van der Waals surface area contributed by atoms with E-state index < -0.39 is 95.4 Å². The van der Waals surface area contributed by atoms with Crippen LogP contribution in [0.1, 0.15) is 6.23 Å². The number of nitrogens with one attached hydrogen (secondary N) is 1. The van der Waals surface area contributed by atoms with Gasteiger partial charge in [-0.2, -0.15) is 4.31 Å². The molecule has 0 radical (unpaired) electrons. The first-order valence-electron chi connectivity index (χ1n) is 9.95. The maximum Gasteiger partial charge on any atom is 0.483 e. The fraction of sp³-hybridized carbons (Fsp3) is 0.733. The third kappa shape index (κ3) is 6.53. The average Bonchev–Trinajstić information content (AvgIpc) is 3.21. The van der Waals surface area contributed by atoms with Gasteiger partial charge in [0.1, 0.15) is 36.6 Å². The molecule has 1 aromatic heterocycles. The number of aromatic nitrogens is 2. The molecular formula is C15H23FN2O16P2. The van der Waals surface area contributed by atoms with Gasteiger partial charge in [-0.25, -0.2) is 18.3 Å². The number of phosphoric ester groups is 2. The molecule has 0 bridgehead atoms. The molecular weight excluding hydrogens is 545 g/mol. The van der Waals surface area contributed by atoms with Gasteiger partial charge in [0, 0.05) is 12.3 Å². The van der Waals surface area contributed by atoms with E-state index in [0.717, 1.165) is 12.3 Å². The maximum absolute atomic E-state index is 14.0. The van der Waals surface area contributed by atoms with Crippen molar-refractivity contribution in [3.63, 3.8) is 0 Å². The van der Waals surface area contributed by atoms with Crippen molar-refractivity contribution in [1.82, 2.24) is 9.55 Å². The van der Waals surface area contributed by atoms with Crippen LogP contribution in [0.4, 0.5) is 4.39 Å². The average molecular weight is 568 g/mol. The first-order chi connectivity index (χ1) is 16.7. The molecule has 2 aliphatic rings. The first kappa shape index (κ1) is 29.2. The lowest BCUT2D eigenvalue weighted by atomic mass is 10.1. The summed E-state index contributed by atoms with van der Waals surface area (Å²) in [5.74, 6) is 0. The van der Waals surface area contributed by atoms with E-state index >= 15 is 0 Å². The van der Waals surface area contributed by atoms with E-state index in [1.165, 1.54) is 0 Å². The Morgan fingerprint density at radius 1 is 1.11 bits per heavy atom. The Bertz CT molecular complexity index is 1130. The zero-order valence-corrected chi connectivity index (χ0v) is 19.6. The zero-order valence-electron chi connectivity index (χ0n) is 17.8. The van der Waals surface area contributed by atoms with Crippen molar-refractivity contribution < 1.29 is 71.7 Å². The largest absolute Gasteiger partial charge is 0.483 e. The van der Waals surface area contributed by atoms with Crippen LogP contribution in [-0.4, -0.2) is 107 Å². The SMILES string of the molecule is O=c1ccn([C@@H]2O[C@H](COP(=O)(O)OP(=O)(O)O[C@H]3O[C@@H]([C@H](O)CO)[C@H](F)[C@H]3O)[C@@H](O)[C@H]2O)c(=O)[nH]1. The van der Waals surface area contributed by atoms with Crippen LogP contribution in [0, 0.1) is 0 Å². The monoisotopic (exact) mass is 568 g/mol. The van der Waals surface area contributed by atoms with Gasteiger partial charge in [-0.15, -0.1) is 0 Å². The molecule has 0 aromatic carbocycles. The molecule has 3 rings (SSSR count). The molecule has 2 fully saturated rings. The fourth-order valence-corrected chi connectivity index (χ4v) is 5.50. The molecule has 206 valence electrons. The summed E-state index contributed by atoms with van der Waals surface area (Å²) in [5.41, 5.74) is -1.76. The Morgan fingerprint density at radius 2 is 1.78 bits per heavy atom. The maximum atomic E-state index is 14.0. The topological polar surface area (TPSA) is 277 Å². The highest BCUT2D eigenvalue weighted by atomic mass is 31.3. The minimum Gasteiger partial charge on any atom is -0.394 e. The van der Waals surface area contributed by atoms with Crippen LogP contribution < -0.4 is 11.2 Å². The van der Waals surface area contributed by atoms with Crippen molar-refractivity contribution in [2.45, 2.75) is 55.3 Å². The number of alkyl halides is 1. The number of halogens is 1. The molecule has 0 saturated carbocycles. The summed E-state index contributed by atoms with van der Waals surface area (Å²) >= 11 is 0. The first-order valence-corrected chi connectivity index (χ1v) is 12.9. The Balaban J connectivity index is 1.60. The van der Waals surface area contributed by atoms with Gasteiger partial charge in [0.2, 0.25) is 0 Å². The number of aliphatic hydroxyl groups is 5. The van der Waals surface area contributed by atoms with Crippen molar-refractivity contribution in [1.29, 1.82) is 0 Å². The summed E-state index contributed by atoms with van der Waals surface area (Å²) in [4.78, 5) is 44.4. The van der Waals surface area contributed by atoms with Crippen LogP contribution >= 0.6 is 15.6 Å². The second-order valence-corrected chi connectivity index (χ2v) is 10.6. The van der Waals surface area contributed by atoms with E-state index in [4.69, 9.17) is 14.6 Å². The Kier molecular flexibility index (Phi) is 9.02. The highest BCUT2D eigenvalue weighted by molar-refractivity contribution is 7.61. The molecule has 0 amide bonds. The standard InChI is InChI=1S/C15H23FN2O16P2/c16-8-10(23)14(32-12(8)5(20)3-19)33-36(28,29)34-35(26,27)30-4-6-9(22)11(24)13(31-6)18-2-1-7(21)17-15(18)25/h1-2,5-6,8-14,19-20,22-24H,3-4H2,(H,26,27)(H,28,29)(H,17,21,25)/t5-,6-,8-,9-,10-,11-,12+,13-,14-/m1/s1. The summed E-state index contributed by atoms with van der Waals surface area (Å²) in [7, 11) is -11.1. The van der Waals surface area contributed by atoms with Gasteiger partial charge in [-0.1, -0.05) is 0 Å². The lowest BCUT2D eigenvalue weighted by Crippen LogP contribution is -2.37. The number of phosphoric acid groups is 2. The molecule has 36 heavy (non-hydrogen) atoms. The quantitative estimate of drug-likeness (QED) is 0.126. The lowest BCUT2D eigenvalue weighted by molar-refractivity contribution is -0.143. The fourth-order valence-electron chi connectivity index (χ4n) is 3.35. The molecule has 18 nitrogen and oxygen atoms in total. The van der Waals surface area contributed by atoms with Gasteiger partial charge in [-0.05, 0) is 0 Å². The molecule has 8 N–H and O–H groups in total. The van der Waals surface area contributed by atoms with Gasteiger partial charge in [-0.3, -0.25) is 23.4 Å². The molecule has 2 saturated heterocycles. The molecule has 21 heteroatoms. The Labute approximate surface area is 199 Å². The van der Waals surface area contributed by atoms with Crippen molar-refractivity contribution in [3.8, 4) is 0 Å². The third-order valence-electron chi connectivity index (χ3n) is 5.08. The van der Waals surface area contributed by atoms with Crippen LogP contribution in [0.5, 0.6) is 0 Å². The summed E-state index contributed by atoms with van der Waals surface area (Å²) in [6.07, 6.45) is -16.3. The number of H-pyrrole nitrogens is 1. The molecule has 2 aliphatic heterocycles. The van der Waals surface area contributed by atoms with E-state index in [1.54, 1.807) is 0 Å². The summed E-state index contributed by atoms with van der Waals surface area (Å²) in [6, 6.07) is 0.922. The van der Waals surface area contributed by atoms with E-state index in [9.17, 15) is 53.3 Å². The molecule has 11 atom stereocenters. The number of aliphatic hydroxyl groups excluding tert-OH is 5. The van der Waals surface area contributed by atoms with E-state index in [2.05, 4.69) is 13.4 Å². The number of aromatic amines is 1. The molecule has 3 heterocycles. The molecule has 1 aromatic rings. The number of hydrogen-bond acceptors (Lipinski definition) is 14. The van der Waals surface area contributed by atoms with Crippen LogP contribution in [0.15, 0.2) is 21.9 Å². The zero-order chi connectivity index (χ0) is 27.0. The predicted octanol–water partition coefficient (Wildman–Crippen LogP) is -3.82. The third-order valence-corrected chi connectivity index (χ3v) is 7.68. The smallest absolute Gasteiger partial charge is 0.394 e. The lowest BCUT2D eigenvalue weighted by Gasteiger charge is -2.22. The number of hydrogen-bond donors (Lipinski definition) is 8. The minimum atomic E-state index is -5.62. The van der Waals surface area contributed by atoms with Gasteiger partial charge >= 0.3 is 21.3 Å². The van der Waals surface area contributed by atoms with Crippen molar-refractivity contribution in [2.75, 3.05) is 13.2 Å². The van der Waals surface area contributed by atoms with E-state index in [-0.39, 0.29) is 0 Å². The second kappa shape index (κ2) is 11.1. The second-order valence-electron chi connectivity index (χ2n) is 7.64. The highest BCUT2D eigenvalue weighted by Crippen LogP contribution is 2.61. The van der Waals surface area contributed by atoms with E-state index in [0.29, 0.717) is 4.57 Å². The van der Waals surface area contributed by atoms with Crippen LogP contribution in [0.25, 0.3) is 0 Å². The van der Waals surface area contributed by atoms with Crippen LogP contribution in [0.2, 0.25) is 0 Å². The summed E-state index contributed by atoms with van der Waals surface area (Å²) in [5, 5.41) is 48.2. The summed E-state index contributed by atoms with van der Waals surface area (Å²) < 4.78 is 61.7. The Morgan fingerprint density at radius 3 is 2.39 bits per heavy atom. The predicted molar refractivity (Wildman–Crippen MR) is 108 cm³/mol. The normalized spacial score (nSPS) is 36.9. The van der Waals surface area contributed by atoms with Crippen molar-refractivity contribution >= 4 is 15.6 Å².